The van der Waals surface area contributed by atoms with E-state index in [4.69, 9.17) is 0 Å². The van der Waals surface area contributed by atoms with Crippen LogP contribution in [0.25, 0.3) is 0 Å². The summed E-state index contributed by atoms with van der Waals surface area (Å²) in [5.41, 5.74) is 1.27. The molecule has 1 aromatic rings. The minimum atomic E-state index is -0.399. The van der Waals surface area contributed by atoms with Crippen molar-refractivity contribution >= 4 is 11.7 Å². The van der Waals surface area contributed by atoms with Crippen molar-refractivity contribution in [3.05, 3.63) is 24.0 Å². The van der Waals surface area contributed by atoms with Crippen molar-refractivity contribution in [3.63, 3.8) is 0 Å². The number of ether oxygens (including phenoxy) is 1. The molecule has 0 radical (unpaired) electrons. The lowest BCUT2D eigenvalue weighted by Crippen LogP contribution is -2.30. The van der Waals surface area contributed by atoms with Gasteiger partial charge in [-0.15, -0.1) is 0 Å². The van der Waals surface area contributed by atoms with Crippen LogP contribution >= 0.6 is 0 Å². The summed E-state index contributed by atoms with van der Waals surface area (Å²) >= 11 is 0. The molecular formula is C15H23N3O2. The van der Waals surface area contributed by atoms with Crippen molar-refractivity contribution in [3.8, 4) is 0 Å². The van der Waals surface area contributed by atoms with Crippen molar-refractivity contribution in [1.29, 1.82) is 0 Å². The normalized spacial score (nSPS) is 16.9. The van der Waals surface area contributed by atoms with Gasteiger partial charge in [-0.25, -0.2) is 9.78 Å². The highest BCUT2D eigenvalue weighted by molar-refractivity contribution is 5.88. The molecule has 1 aliphatic heterocycles. The van der Waals surface area contributed by atoms with Gasteiger partial charge in [-0.2, -0.15) is 0 Å². The number of methoxy groups -OCH3 is 1. The molecule has 1 saturated heterocycles. The third kappa shape index (κ3) is 4.20. The third-order valence-electron chi connectivity index (χ3n) is 3.87. The van der Waals surface area contributed by atoms with Gasteiger partial charge in [-0.3, -0.25) is 0 Å². The number of aromatic nitrogens is 1. The zero-order valence-corrected chi connectivity index (χ0v) is 12.3. The van der Waals surface area contributed by atoms with E-state index >= 15 is 0 Å². The van der Waals surface area contributed by atoms with Crippen molar-refractivity contribution in [2.24, 2.45) is 5.92 Å². The van der Waals surface area contributed by atoms with Crippen LogP contribution in [0.5, 0.6) is 0 Å². The number of nitrogens with one attached hydrogen (secondary N) is 1. The number of pyridine rings is 1. The van der Waals surface area contributed by atoms with E-state index in [1.54, 1.807) is 12.3 Å². The Bertz CT molecular complexity index is 442. The first kappa shape index (κ1) is 14.8. The van der Waals surface area contributed by atoms with Crippen molar-refractivity contribution in [2.45, 2.75) is 19.3 Å². The Morgan fingerprint density at radius 1 is 1.50 bits per heavy atom. The molecule has 0 amide bonds. The fourth-order valence-electron chi connectivity index (χ4n) is 2.53. The first-order valence-corrected chi connectivity index (χ1v) is 7.16. The maximum atomic E-state index is 11.4. The van der Waals surface area contributed by atoms with Crippen LogP contribution in [0.3, 0.4) is 0 Å². The molecule has 5 nitrogen and oxygen atoms in total. The van der Waals surface area contributed by atoms with Crippen LogP contribution in [0.1, 0.15) is 29.8 Å². The lowest BCUT2D eigenvalue weighted by atomic mass is 9.94. The molecule has 1 aromatic heterocycles. The van der Waals surface area contributed by atoms with Crippen LogP contribution in [0.15, 0.2) is 18.3 Å². The second kappa shape index (κ2) is 7.24. The van der Waals surface area contributed by atoms with Gasteiger partial charge in [0.1, 0.15) is 5.69 Å². The van der Waals surface area contributed by atoms with Gasteiger partial charge in [0, 0.05) is 18.4 Å². The molecule has 1 N–H and O–H groups in total. The van der Waals surface area contributed by atoms with Gasteiger partial charge in [0.2, 0.25) is 0 Å². The Morgan fingerprint density at radius 2 is 2.25 bits per heavy atom. The minimum Gasteiger partial charge on any atom is -0.464 e. The fraction of sp³-hybridized carbons (Fsp3) is 0.600. The van der Waals surface area contributed by atoms with Crippen molar-refractivity contribution < 1.29 is 9.53 Å². The first-order valence-electron chi connectivity index (χ1n) is 7.16. The molecule has 1 fully saturated rings. The Morgan fingerprint density at radius 3 is 2.95 bits per heavy atom. The van der Waals surface area contributed by atoms with Crippen molar-refractivity contribution in [1.82, 2.24) is 9.88 Å². The molecule has 2 rings (SSSR count). The highest BCUT2D eigenvalue weighted by Crippen LogP contribution is 2.19. The van der Waals surface area contributed by atoms with Crippen LogP contribution in [-0.4, -0.2) is 49.6 Å². The minimum absolute atomic E-state index is 0.344. The number of rotatable bonds is 5. The van der Waals surface area contributed by atoms with Gasteiger partial charge < -0.3 is 15.0 Å². The summed E-state index contributed by atoms with van der Waals surface area (Å²) in [4.78, 5) is 17.8. The van der Waals surface area contributed by atoms with Crippen LogP contribution in [0, 0.1) is 5.92 Å². The van der Waals surface area contributed by atoms with E-state index in [1.807, 2.05) is 6.07 Å². The molecule has 0 atom stereocenters. The second-order valence-corrected chi connectivity index (χ2v) is 5.38. The summed E-state index contributed by atoms with van der Waals surface area (Å²) < 4.78 is 4.67. The molecule has 0 saturated carbocycles. The summed E-state index contributed by atoms with van der Waals surface area (Å²) in [6.45, 7) is 3.33. The highest BCUT2D eigenvalue weighted by Gasteiger charge is 2.16. The molecule has 0 aliphatic carbocycles. The second-order valence-electron chi connectivity index (χ2n) is 5.38. The van der Waals surface area contributed by atoms with E-state index in [9.17, 15) is 4.79 Å². The van der Waals surface area contributed by atoms with E-state index in [1.165, 1.54) is 39.5 Å². The van der Waals surface area contributed by atoms with E-state index in [2.05, 4.69) is 27.0 Å². The highest BCUT2D eigenvalue weighted by atomic mass is 16.5. The molecular weight excluding hydrogens is 254 g/mol. The van der Waals surface area contributed by atoms with Gasteiger partial charge >= 0.3 is 5.97 Å². The summed E-state index contributed by atoms with van der Waals surface area (Å²) in [5.74, 6) is 0.407. The SMILES string of the molecule is COC(=O)c1cc(NCCC2CCN(C)CC2)ccn1. The van der Waals surface area contributed by atoms with Crippen LogP contribution < -0.4 is 5.32 Å². The van der Waals surface area contributed by atoms with Gasteiger partial charge in [0.05, 0.1) is 7.11 Å². The largest absolute Gasteiger partial charge is 0.464 e. The first-order chi connectivity index (χ1) is 9.69. The Labute approximate surface area is 120 Å². The number of carbonyl (C=O) groups is 1. The zero-order chi connectivity index (χ0) is 14.4. The maximum Gasteiger partial charge on any atom is 0.356 e. The summed E-state index contributed by atoms with van der Waals surface area (Å²) in [6, 6.07) is 3.61. The molecule has 1 aliphatic rings. The number of hydrogen-bond donors (Lipinski definition) is 1. The van der Waals surface area contributed by atoms with Gasteiger partial charge in [0.25, 0.3) is 0 Å². The molecule has 0 unspecified atom stereocenters. The topological polar surface area (TPSA) is 54.5 Å². The average molecular weight is 277 g/mol. The lowest BCUT2D eigenvalue weighted by Gasteiger charge is -2.28. The smallest absolute Gasteiger partial charge is 0.356 e. The van der Waals surface area contributed by atoms with Crippen LogP contribution in [-0.2, 0) is 4.74 Å². The van der Waals surface area contributed by atoms with E-state index < -0.39 is 5.97 Å². The lowest BCUT2D eigenvalue weighted by molar-refractivity contribution is 0.0594. The molecule has 0 aromatic carbocycles. The number of esters is 1. The average Bonchev–Trinajstić information content (AvgIpc) is 2.49. The summed E-state index contributed by atoms with van der Waals surface area (Å²) in [5, 5.41) is 3.36. The molecule has 5 heteroatoms. The number of hydrogen-bond acceptors (Lipinski definition) is 5. The predicted molar refractivity (Wildman–Crippen MR) is 78.9 cm³/mol. The molecule has 20 heavy (non-hydrogen) atoms. The van der Waals surface area contributed by atoms with E-state index in [0.29, 0.717) is 5.69 Å². The van der Waals surface area contributed by atoms with Crippen LogP contribution in [0.4, 0.5) is 5.69 Å². The quantitative estimate of drug-likeness (QED) is 0.834. The molecule has 0 bridgehead atoms. The molecule has 110 valence electrons. The predicted octanol–water partition coefficient (Wildman–Crippen LogP) is 2.01. The Kier molecular flexibility index (Phi) is 5.35. The van der Waals surface area contributed by atoms with Crippen molar-refractivity contribution in [2.75, 3.05) is 39.1 Å². The number of piperidine rings is 1. The standard InChI is InChI=1S/C15H23N3O2/c1-18-9-5-12(6-10-18)3-7-16-13-4-8-17-14(11-13)15(19)20-2/h4,8,11-12H,3,5-7,9-10H2,1-2H3,(H,16,17). The Balaban J connectivity index is 1.78. The fourth-order valence-corrected chi connectivity index (χ4v) is 2.53. The van der Waals surface area contributed by atoms with E-state index in [0.717, 1.165) is 18.2 Å². The number of anilines is 1. The Hall–Kier alpha value is -1.62. The number of carbonyl (C=O) groups excluding carboxylic acids is 1. The van der Waals surface area contributed by atoms with Gasteiger partial charge in [-0.1, -0.05) is 0 Å². The van der Waals surface area contributed by atoms with E-state index in [-0.39, 0.29) is 0 Å². The monoisotopic (exact) mass is 277 g/mol. The third-order valence-corrected chi connectivity index (χ3v) is 3.87. The maximum absolute atomic E-state index is 11.4. The number of likely N-dealkylation sites (tertiary alicyclic amines) is 1. The van der Waals surface area contributed by atoms with Gasteiger partial charge in [-0.05, 0) is 57.5 Å². The summed E-state index contributed by atoms with van der Waals surface area (Å²) in [6.07, 6.45) is 5.36. The van der Waals surface area contributed by atoms with Gasteiger partial charge in [0.15, 0.2) is 0 Å². The number of nitrogens with zero attached hydrogens (tertiary/aromatic N) is 2. The zero-order valence-electron chi connectivity index (χ0n) is 12.3. The molecule has 2 heterocycles. The van der Waals surface area contributed by atoms with Crippen LogP contribution in [0.2, 0.25) is 0 Å². The molecule has 0 spiro atoms. The summed E-state index contributed by atoms with van der Waals surface area (Å²) in [7, 11) is 3.55.